The van der Waals surface area contributed by atoms with Crippen molar-refractivity contribution >= 4 is 27.7 Å². The molecule has 6 heteroatoms. The number of aldehydes is 1. The quantitative estimate of drug-likeness (QED) is 0.785. The van der Waals surface area contributed by atoms with Crippen molar-refractivity contribution in [1.82, 2.24) is 0 Å². The second-order valence-electron chi connectivity index (χ2n) is 5.97. The van der Waals surface area contributed by atoms with Crippen molar-refractivity contribution in [2.45, 2.75) is 23.0 Å². The smallest absolute Gasteiger partial charge is 0.183 e. The minimum absolute atomic E-state index is 0.121. The van der Waals surface area contributed by atoms with Crippen LogP contribution >= 0.6 is 11.6 Å². The van der Waals surface area contributed by atoms with Gasteiger partial charge in [-0.1, -0.05) is 41.4 Å². The highest BCUT2D eigenvalue weighted by Gasteiger charge is 2.72. The molecule has 2 aromatic rings. The minimum Gasteiger partial charge on any atom is -0.302 e. The number of benzene rings is 2. The third kappa shape index (κ3) is 2.43. The lowest BCUT2D eigenvalue weighted by Crippen LogP contribution is -2.16. The standard InChI is InChI=1S/C18H14ClNO3S/c1-12-2-8-15(9-3-12)24(22,23)17-16(18(17,10-20)11-21)13-4-6-14(19)7-5-13/h2-9,11,16-17H,1H3/t16-,17+,18+/m0/s1. The predicted molar refractivity (Wildman–Crippen MR) is 90.5 cm³/mol. The van der Waals surface area contributed by atoms with Gasteiger partial charge in [0.05, 0.1) is 11.0 Å². The molecule has 4 nitrogen and oxygen atoms in total. The van der Waals surface area contributed by atoms with Crippen LogP contribution in [0.25, 0.3) is 0 Å². The molecule has 24 heavy (non-hydrogen) atoms. The highest BCUT2D eigenvalue weighted by Crippen LogP contribution is 2.62. The Bertz CT molecular complexity index is 930. The van der Waals surface area contributed by atoms with E-state index in [4.69, 9.17) is 11.6 Å². The van der Waals surface area contributed by atoms with Crippen molar-refractivity contribution < 1.29 is 13.2 Å². The fourth-order valence-corrected chi connectivity index (χ4v) is 5.47. The van der Waals surface area contributed by atoms with E-state index >= 15 is 0 Å². The SMILES string of the molecule is Cc1ccc(S(=O)(=O)[C@@H]2[C@H](c3ccc(Cl)cc3)[C@@]2(C#N)C=O)cc1. The van der Waals surface area contributed by atoms with Crippen molar-refractivity contribution in [3.05, 3.63) is 64.7 Å². The van der Waals surface area contributed by atoms with Crippen LogP contribution in [0.3, 0.4) is 0 Å². The van der Waals surface area contributed by atoms with E-state index in [1.54, 1.807) is 36.4 Å². The molecule has 0 heterocycles. The number of rotatable bonds is 4. The fourth-order valence-electron chi connectivity index (χ4n) is 3.11. The van der Waals surface area contributed by atoms with Crippen molar-refractivity contribution in [3.63, 3.8) is 0 Å². The summed E-state index contributed by atoms with van der Waals surface area (Å²) in [5, 5.41) is 8.91. The van der Waals surface area contributed by atoms with Crippen LogP contribution < -0.4 is 0 Å². The molecular weight excluding hydrogens is 346 g/mol. The number of sulfone groups is 1. The average molecular weight is 360 g/mol. The molecule has 1 aliphatic rings. The zero-order valence-corrected chi connectivity index (χ0v) is 14.4. The third-order valence-electron chi connectivity index (χ3n) is 4.48. The van der Waals surface area contributed by atoms with Crippen LogP contribution in [0.15, 0.2) is 53.4 Å². The molecule has 0 radical (unpaired) electrons. The molecule has 122 valence electrons. The maximum atomic E-state index is 13.0. The average Bonchev–Trinajstić information content (AvgIpc) is 3.26. The second-order valence-corrected chi connectivity index (χ2v) is 8.48. The third-order valence-corrected chi connectivity index (χ3v) is 6.99. The normalized spacial score (nSPS) is 25.7. The van der Waals surface area contributed by atoms with Gasteiger partial charge in [0.15, 0.2) is 9.84 Å². The number of carbonyl (C=O) groups is 1. The molecule has 0 aliphatic heterocycles. The van der Waals surface area contributed by atoms with E-state index in [2.05, 4.69) is 0 Å². The van der Waals surface area contributed by atoms with Crippen LogP contribution in [0.4, 0.5) is 0 Å². The van der Waals surface area contributed by atoms with E-state index in [9.17, 15) is 18.5 Å². The van der Waals surface area contributed by atoms with E-state index in [-0.39, 0.29) is 4.90 Å². The first-order valence-electron chi connectivity index (χ1n) is 7.30. The van der Waals surface area contributed by atoms with Gasteiger partial charge in [-0.15, -0.1) is 0 Å². The molecule has 2 aromatic carbocycles. The predicted octanol–water partition coefficient (Wildman–Crippen LogP) is 3.30. The summed E-state index contributed by atoms with van der Waals surface area (Å²) in [5.74, 6) is -0.691. The van der Waals surface area contributed by atoms with Crippen LogP contribution in [0, 0.1) is 23.7 Å². The first-order valence-corrected chi connectivity index (χ1v) is 9.23. The second kappa shape index (κ2) is 5.73. The van der Waals surface area contributed by atoms with Crippen LogP contribution in [0.1, 0.15) is 17.0 Å². The molecule has 1 saturated carbocycles. The number of aryl methyl sites for hydroxylation is 1. The molecule has 1 aliphatic carbocycles. The molecule has 0 N–H and O–H groups in total. The Morgan fingerprint density at radius 1 is 1.12 bits per heavy atom. The minimum atomic E-state index is -3.81. The highest BCUT2D eigenvalue weighted by molar-refractivity contribution is 7.92. The number of nitrogens with zero attached hydrogens (tertiary/aromatic N) is 1. The summed E-state index contributed by atoms with van der Waals surface area (Å²) in [6.07, 6.45) is 0.461. The largest absolute Gasteiger partial charge is 0.302 e. The Morgan fingerprint density at radius 2 is 1.71 bits per heavy atom. The Kier molecular flexibility index (Phi) is 3.98. The van der Waals surface area contributed by atoms with Gasteiger partial charge in [-0.3, -0.25) is 0 Å². The van der Waals surface area contributed by atoms with E-state index in [0.29, 0.717) is 16.9 Å². The van der Waals surface area contributed by atoms with Gasteiger partial charge in [0.2, 0.25) is 0 Å². The summed E-state index contributed by atoms with van der Waals surface area (Å²) >= 11 is 5.86. The van der Waals surface area contributed by atoms with Gasteiger partial charge in [-0.05, 0) is 36.8 Å². The Hall–Kier alpha value is -2.16. The first-order chi connectivity index (χ1) is 11.4. The number of nitriles is 1. The van der Waals surface area contributed by atoms with Crippen LogP contribution in [-0.4, -0.2) is 20.0 Å². The fraction of sp³-hybridized carbons (Fsp3) is 0.222. The first kappa shape index (κ1) is 16.7. The highest BCUT2D eigenvalue weighted by atomic mass is 35.5. The van der Waals surface area contributed by atoms with Crippen molar-refractivity contribution in [1.29, 1.82) is 5.26 Å². The van der Waals surface area contributed by atoms with E-state index < -0.39 is 26.4 Å². The summed E-state index contributed by atoms with van der Waals surface area (Å²) in [4.78, 5) is 11.7. The summed E-state index contributed by atoms with van der Waals surface area (Å²) in [6.45, 7) is 1.86. The molecule has 1 fully saturated rings. The van der Waals surface area contributed by atoms with E-state index in [1.165, 1.54) is 12.1 Å². The summed E-state index contributed by atoms with van der Waals surface area (Å²) < 4.78 is 25.9. The lowest BCUT2D eigenvalue weighted by Gasteiger charge is -2.05. The summed E-state index contributed by atoms with van der Waals surface area (Å²) in [6, 6.07) is 14.9. The van der Waals surface area contributed by atoms with Crippen LogP contribution in [-0.2, 0) is 14.6 Å². The molecule has 0 amide bonds. The maximum Gasteiger partial charge on any atom is 0.183 e. The van der Waals surface area contributed by atoms with Crippen molar-refractivity contribution in [3.8, 4) is 6.07 Å². The molecule has 0 spiro atoms. The molecule has 0 unspecified atom stereocenters. The van der Waals surface area contributed by atoms with Crippen molar-refractivity contribution in [2.75, 3.05) is 0 Å². The Labute approximate surface area is 145 Å². The zero-order valence-electron chi connectivity index (χ0n) is 12.8. The number of halogens is 1. The van der Waals surface area contributed by atoms with Gasteiger partial charge in [0.25, 0.3) is 0 Å². The number of carbonyl (C=O) groups excluding carboxylic acids is 1. The molecular formula is C18H14ClNO3S. The van der Waals surface area contributed by atoms with Gasteiger partial charge in [0.1, 0.15) is 17.0 Å². The summed E-state index contributed by atoms with van der Waals surface area (Å²) in [7, 11) is -3.81. The topological polar surface area (TPSA) is 75.0 Å². The number of hydrogen-bond donors (Lipinski definition) is 0. The number of hydrogen-bond acceptors (Lipinski definition) is 4. The van der Waals surface area contributed by atoms with Gasteiger partial charge in [-0.25, -0.2) is 8.42 Å². The molecule has 0 aromatic heterocycles. The monoisotopic (exact) mass is 359 g/mol. The van der Waals surface area contributed by atoms with Gasteiger partial charge >= 0.3 is 0 Å². The van der Waals surface area contributed by atoms with Gasteiger partial charge in [-0.2, -0.15) is 5.26 Å². The Balaban J connectivity index is 2.08. The van der Waals surface area contributed by atoms with Crippen LogP contribution in [0.5, 0.6) is 0 Å². The van der Waals surface area contributed by atoms with Crippen LogP contribution in [0.2, 0.25) is 5.02 Å². The zero-order chi connectivity index (χ0) is 17.5. The van der Waals surface area contributed by atoms with E-state index in [0.717, 1.165) is 5.56 Å². The maximum absolute atomic E-state index is 13.0. The lowest BCUT2D eigenvalue weighted by atomic mass is 10.0. The Morgan fingerprint density at radius 3 is 2.21 bits per heavy atom. The molecule has 0 bridgehead atoms. The molecule has 3 atom stereocenters. The lowest BCUT2D eigenvalue weighted by molar-refractivity contribution is -0.110. The van der Waals surface area contributed by atoms with E-state index in [1.807, 2.05) is 13.0 Å². The van der Waals surface area contributed by atoms with Crippen molar-refractivity contribution in [2.24, 2.45) is 5.41 Å². The van der Waals surface area contributed by atoms with Gasteiger partial charge in [0, 0.05) is 10.9 Å². The summed E-state index contributed by atoms with van der Waals surface area (Å²) in [5.41, 5.74) is -0.00737. The molecule has 0 saturated heterocycles. The molecule has 3 rings (SSSR count). The van der Waals surface area contributed by atoms with Gasteiger partial charge < -0.3 is 4.79 Å².